The van der Waals surface area contributed by atoms with Crippen LogP contribution >= 0.6 is 0 Å². The summed E-state index contributed by atoms with van der Waals surface area (Å²) in [6.07, 6.45) is 0. The van der Waals surface area contributed by atoms with Gasteiger partial charge >= 0.3 is 0 Å². The van der Waals surface area contributed by atoms with Gasteiger partial charge in [0.15, 0.2) is 0 Å². The maximum atomic E-state index is 10.9. The molecule has 1 aromatic heterocycles. The quantitative estimate of drug-likeness (QED) is 0.878. The number of aromatic nitrogens is 1. The maximum absolute atomic E-state index is 10.9. The fourth-order valence-corrected chi connectivity index (χ4v) is 2.00. The first kappa shape index (κ1) is 14.3. The Kier molecular flexibility index (Phi) is 4.53. The number of amides is 1. The molecular weight excluding hydrogens is 254 g/mol. The average Bonchev–Trinajstić information content (AvgIpc) is 2.72. The molecule has 0 aliphatic heterocycles. The third-order valence-electron chi connectivity index (χ3n) is 3.09. The van der Waals surface area contributed by atoms with E-state index in [4.69, 9.17) is 4.52 Å². The SMILES string of the molecule is CC(=O)Nc1ccc(CNCc2c(C)noc2C)cc1. The number of benzene rings is 1. The molecule has 1 heterocycles. The van der Waals surface area contributed by atoms with Gasteiger partial charge in [-0.05, 0) is 31.5 Å². The molecule has 106 valence electrons. The van der Waals surface area contributed by atoms with Crippen LogP contribution in [-0.2, 0) is 17.9 Å². The Labute approximate surface area is 118 Å². The summed E-state index contributed by atoms with van der Waals surface area (Å²) in [5.41, 5.74) is 4.01. The van der Waals surface area contributed by atoms with Gasteiger partial charge in [0.25, 0.3) is 0 Å². The van der Waals surface area contributed by atoms with Crippen molar-refractivity contribution in [3.63, 3.8) is 0 Å². The Morgan fingerprint density at radius 3 is 2.45 bits per heavy atom. The molecule has 5 heteroatoms. The number of rotatable bonds is 5. The molecule has 1 aromatic carbocycles. The van der Waals surface area contributed by atoms with Gasteiger partial charge in [-0.2, -0.15) is 0 Å². The summed E-state index contributed by atoms with van der Waals surface area (Å²) in [5, 5.41) is 10.0. The lowest BCUT2D eigenvalue weighted by Gasteiger charge is -2.06. The fraction of sp³-hybridized carbons (Fsp3) is 0.333. The number of hydrogen-bond acceptors (Lipinski definition) is 4. The molecule has 0 aliphatic carbocycles. The van der Waals surface area contributed by atoms with Crippen molar-refractivity contribution in [3.05, 3.63) is 46.8 Å². The first-order valence-electron chi connectivity index (χ1n) is 6.55. The first-order chi connectivity index (χ1) is 9.56. The maximum Gasteiger partial charge on any atom is 0.221 e. The lowest BCUT2D eigenvalue weighted by molar-refractivity contribution is -0.114. The third-order valence-corrected chi connectivity index (χ3v) is 3.09. The van der Waals surface area contributed by atoms with Crippen LogP contribution in [0.1, 0.15) is 29.5 Å². The summed E-state index contributed by atoms with van der Waals surface area (Å²) < 4.78 is 5.12. The Balaban J connectivity index is 1.87. The van der Waals surface area contributed by atoms with Crippen molar-refractivity contribution in [2.45, 2.75) is 33.9 Å². The predicted molar refractivity (Wildman–Crippen MR) is 77.3 cm³/mol. The van der Waals surface area contributed by atoms with Crippen molar-refractivity contribution >= 4 is 11.6 Å². The lowest BCUT2D eigenvalue weighted by atomic mass is 10.2. The zero-order valence-corrected chi connectivity index (χ0v) is 12.0. The Bertz CT molecular complexity index is 568. The summed E-state index contributed by atoms with van der Waals surface area (Å²) in [6, 6.07) is 7.78. The van der Waals surface area contributed by atoms with Crippen molar-refractivity contribution in [2.24, 2.45) is 0 Å². The highest BCUT2D eigenvalue weighted by molar-refractivity contribution is 5.88. The van der Waals surface area contributed by atoms with Crippen LogP contribution in [0, 0.1) is 13.8 Å². The Morgan fingerprint density at radius 1 is 1.20 bits per heavy atom. The molecule has 0 radical (unpaired) electrons. The summed E-state index contributed by atoms with van der Waals surface area (Å²) in [4.78, 5) is 10.9. The first-order valence-corrected chi connectivity index (χ1v) is 6.55. The molecule has 0 spiro atoms. The summed E-state index contributed by atoms with van der Waals surface area (Å²) in [6.45, 7) is 6.84. The van der Waals surface area contributed by atoms with Crippen LogP contribution in [0.3, 0.4) is 0 Å². The van der Waals surface area contributed by atoms with Crippen molar-refractivity contribution in [1.82, 2.24) is 10.5 Å². The van der Waals surface area contributed by atoms with E-state index in [-0.39, 0.29) is 5.91 Å². The van der Waals surface area contributed by atoms with E-state index in [1.165, 1.54) is 6.92 Å². The van der Waals surface area contributed by atoms with E-state index in [1.54, 1.807) is 0 Å². The van der Waals surface area contributed by atoms with E-state index >= 15 is 0 Å². The number of nitrogens with one attached hydrogen (secondary N) is 2. The van der Waals surface area contributed by atoms with E-state index in [9.17, 15) is 4.79 Å². The topological polar surface area (TPSA) is 67.2 Å². The Hall–Kier alpha value is -2.14. The molecule has 2 aromatic rings. The highest BCUT2D eigenvalue weighted by Crippen LogP contribution is 2.13. The lowest BCUT2D eigenvalue weighted by Crippen LogP contribution is -2.13. The largest absolute Gasteiger partial charge is 0.361 e. The molecule has 0 fully saturated rings. The minimum absolute atomic E-state index is 0.0608. The zero-order chi connectivity index (χ0) is 14.5. The normalized spacial score (nSPS) is 10.6. The third kappa shape index (κ3) is 3.68. The van der Waals surface area contributed by atoms with Crippen LogP contribution in [0.25, 0.3) is 0 Å². The standard InChI is InChI=1S/C15H19N3O2/c1-10-15(11(2)20-18-10)9-16-8-13-4-6-14(7-5-13)17-12(3)19/h4-7,16H,8-9H2,1-3H3,(H,17,19). The fourth-order valence-electron chi connectivity index (χ4n) is 2.00. The predicted octanol–water partition coefficient (Wildman–Crippen LogP) is 2.54. The van der Waals surface area contributed by atoms with Gasteiger partial charge in [-0.1, -0.05) is 17.3 Å². The number of hydrogen-bond donors (Lipinski definition) is 2. The second-order valence-corrected chi connectivity index (χ2v) is 4.78. The molecule has 2 N–H and O–H groups in total. The van der Waals surface area contributed by atoms with Crippen LogP contribution in [-0.4, -0.2) is 11.1 Å². The molecule has 1 amide bonds. The second-order valence-electron chi connectivity index (χ2n) is 4.78. The van der Waals surface area contributed by atoms with Crippen LogP contribution in [0.15, 0.2) is 28.8 Å². The summed E-state index contributed by atoms with van der Waals surface area (Å²) in [7, 11) is 0. The van der Waals surface area contributed by atoms with Gasteiger partial charge in [0.2, 0.25) is 5.91 Å². The van der Waals surface area contributed by atoms with Crippen LogP contribution < -0.4 is 10.6 Å². The van der Waals surface area contributed by atoms with Gasteiger partial charge in [0.1, 0.15) is 5.76 Å². The van der Waals surface area contributed by atoms with Crippen molar-refractivity contribution in [1.29, 1.82) is 0 Å². The number of carbonyl (C=O) groups is 1. The smallest absolute Gasteiger partial charge is 0.221 e. The highest BCUT2D eigenvalue weighted by Gasteiger charge is 2.07. The molecule has 2 rings (SSSR count). The van der Waals surface area contributed by atoms with Gasteiger partial charge in [-0.15, -0.1) is 0 Å². The zero-order valence-electron chi connectivity index (χ0n) is 12.0. The molecule has 0 atom stereocenters. The molecule has 0 unspecified atom stereocenters. The summed E-state index contributed by atoms with van der Waals surface area (Å²) >= 11 is 0. The van der Waals surface area contributed by atoms with Gasteiger partial charge in [-0.25, -0.2) is 0 Å². The molecule has 20 heavy (non-hydrogen) atoms. The van der Waals surface area contributed by atoms with E-state index in [0.29, 0.717) is 0 Å². The minimum Gasteiger partial charge on any atom is -0.361 e. The number of carbonyl (C=O) groups excluding carboxylic acids is 1. The summed E-state index contributed by atoms with van der Waals surface area (Å²) in [5.74, 6) is 0.797. The van der Waals surface area contributed by atoms with Crippen LogP contribution in [0.4, 0.5) is 5.69 Å². The van der Waals surface area contributed by atoms with Crippen LogP contribution in [0.2, 0.25) is 0 Å². The van der Waals surface area contributed by atoms with E-state index in [0.717, 1.165) is 41.4 Å². The Morgan fingerprint density at radius 2 is 1.90 bits per heavy atom. The molecule has 5 nitrogen and oxygen atoms in total. The van der Waals surface area contributed by atoms with E-state index in [2.05, 4.69) is 15.8 Å². The van der Waals surface area contributed by atoms with Crippen molar-refractivity contribution in [2.75, 3.05) is 5.32 Å². The van der Waals surface area contributed by atoms with Gasteiger partial charge < -0.3 is 15.2 Å². The van der Waals surface area contributed by atoms with E-state index < -0.39 is 0 Å². The number of nitrogens with zero attached hydrogens (tertiary/aromatic N) is 1. The van der Waals surface area contributed by atoms with E-state index in [1.807, 2.05) is 38.1 Å². The molecule has 0 aliphatic rings. The van der Waals surface area contributed by atoms with Crippen molar-refractivity contribution in [3.8, 4) is 0 Å². The van der Waals surface area contributed by atoms with Gasteiger partial charge in [-0.3, -0.25) is 4.79 Å². The second kappa shape index (κ2) is 6.34. The van der Waals surface area contributed by atoms with Gasteiger partial charge in [0, 0.05) is 31.3 Å². The number of aryl methyl sites for hydroxylation is 2. The molecule has 0 bridgehead atoms. The molecular formula is C15H19N3O2. The monoisotopic (exact) mass is 273 g/mol. The highest BCUT2D eigenvalue weighted by atomic mass is 16.5. The molecule has 0 saturated heterocycles. The van der Waals surface area contributed by atoms with Crippen LogP contribution in [0.5, 0.6) is 0 Å². The minimum atomic E-state index is -0.0608. The molecule has 0 saturated carbocycles. The number of anilines is 1. The van der Waals surface area contributed by atoms with Crippen molar-refractivity contribution < 1.29 is 9.32 Å². The van der Waals surface area contributed by atoms with Gasteiger partial charge in [0.05, 0.1) is 5.69 Å². The average molecular weight is 273 g/mol.